The van der Waals surface area contributed by atoms with Crippen LogP contribution in [0.3, 0.4) is 0 Å². The Balaban J connectivity index is 1.49. The second-order valence-electron chi connectivity index (χ2n) is 7.09. The molecule has 150 valence electrons. The molecule has 1 aliphatic heterocycles. The highest BCUT2D eigenvalue weighted by molar-refractivity contribution is 7.89. The van der Waals surface area contributed by atoms with Crippen LogP contribution in [0.5, 0.6) is 11.5 Å². The highest BCUT2D eigenvalue weighted by atomic mass is 32.2. The lowest BCUT2D eigenvalue weighted by atomic mass is 10.0. The number of fused-ring (bicyclic) bond motifs is 1. The Bertz CT molecular complexity index is 989. The number of nitrogens with one attached hydrogen (secondary N) is 2. The summed E-state index contributed by atoms with van der Waals surface area (Å²) in [6.07, 6.45) is 0.817. The van der Waals surface area contributed by atoms with Crippen LogP contribution < -0.4 is 25.2 Å². The summed E-state index contributed by atoms with van der Waals surface area (Å²) < 4.78 is 34.4. The van der Waals surface area contributed by atoms with Crippen LogP contribution in [0.1, 0.15) is 19.4 Å². The number of anilines is 1. The highest BCUT2D eigenvalue weighted by Crippen LogP contribution is 2.41. The van der Waals surface area contributed by atoms with Crippen molar-refractivity contribution in [1.29, 1.82) is 0 Å². The van der Waals surface area contributed by atoms with Gasteiger partial charge in [0.1, 0.15) is 12.2 Å². The molecule has 2 aromatic rings. The molecule has 0 saturated carbocycles. The minimum atomic E-state index is -3.83. The van der Waals surface area contributed by atoms with Crippen LogP contribution in [0, 0.1) is 0 Å². The zero-order chi connectivity index (χ0) is 20.4. The molecule has 2 aromatic carbocycles. The summed E-state index contributed by atoms with van der Waals surface area (Å²) in [7, 11) is -3.83. The first kappa shape index (κ1) is 20.0. The fraction of sp³-hybridized carbons (Fsp3) is 0.316. The van der Waals surface area contributed by atoms with Crippen LogP contribution in [-0.4, -0.2) is 33.2 Å². The zero-order valence-electron chi connectivity index (χ0n) is 15.7. The van der Waals surface area contributed by atoms with Crippen molar-refractivity contribution in [2.24, 2.45) is 5.14 Å². The molecule has 4 N–H and O–H groups in total. The summed E-state index contributed by atoms with van der Waals surface area (Å²) in [4.78, 5) is 11.9. The first-order valence-electron chi connectivity index (χ1n) is 8.75. The lowest BCUT2D eigenvalue weighted by molar-refractivity contribution is 0.132. The fourth-order valence-electron chi connectivity index (χ4n) is 2.95. The Morgan fingerprint density at radius 2 is 2.00 bits per heavy atom. The number of carbonyl (C=O) groups is 1. The molecule has 0 aromatic heterocycles. The van der Waals surface area contributed by atoms with Crippen molar-refractivity contribution in [2.45, 2.75) is 30.8 Å². The first-order chi connectivity index (χ1) is 13.1. The van der Waals surface area contributed by atoms with Crippen LogP contribution in [0.4, 0.5) is 10.5 Å². The maximum atomic E-state index is 12.0. The van der Waals surface area contributed by atoms with Crippen LogP contribution in [-0.2, 0) is 16.4 Å². The number of para-hydroxylation sites is 1. The maximum Gasteiger partial charge on any atom is 0.319 e. The van der Waals surface area contributed by atoms with Gasteiger partial charge in [-0.1, -0.05) is 18.2 Å². The number of nitrogens with two attached hydrogens (primary N) is 1. The van der Waals surface area contributed by atoms with Gasteiger partial charge in [0.15, 0.2) is 11.5 Å². The standard InChI is InChI=1S/C19H23N3O5S/c1-19(2)12-13-5-3-8-16(17(13)27-19)26-10-9-21-18(23)22-14-6-4-7-15(11-14)28(20,24)25/h3-8,11H,9-10,12H2,1-2H3,(H2,20,24,25)(H2,21,22,23). The van der Waals surface area contributed by atoms with Crippen molar-refractivity contribution in [3.05, 3.63) is 48.0 Å². The van der Waals surface area contributed by atoms with Gasteiger partial charge in [-0.05, 0) is 38.1 Å². The van der Waals surface area contributed by atoms with Gasteiger partial charge >= 0.3 is 6.03 Å². The SMILES string of the molecule is CC1(C)Cc2cccc(OCCNC(=O)Nc3cccc(S(N)(=O)=O)c3)c2O1. The molecule has 1 aliphatic rings. The number of benzene rings is 2. The number of urea groups is 1. The summed E-state index contributed by atoms with van der Waals surface area (Å²) in [5, 5.41) is 10.3. The Morgan fingerprint density at radius 1 is 1.25 bits per heavy atom. The minimum absolute atomic E-state index is 0.0745. The molecule has 0 spiro atoms. The summed E-state index contributed by atoms with van der Waals surface area (Å²) in [6, 6.07) is 11.0. The number of hydrogen-bond acceptors (Lipinski definition) is 5. The number of ether oxygens (including phenoxy) is 2. The lowest BCUT2D eigenvalue weighted by Crippen LogP contribution is -2.32. The van der Waals surface area contributed by atoms with Gasteiger partial charge in [-0.3, -0.25) is 0 Å². The molecule has 2 amide bonds. The third-order valence-electron chi connectivity index (χ3n) is 4.12. The lowest BCUT2D eigenvalue weighted by Gasteiger charge is -2.18. The average molecular weight is 405 g/mol. The molecule has 8 nitrogen and oxygen atoms in total. The van der Waals surface area contributed by atoms with Gasteiger partial charge in [-0.25, -0.2) is 18.4 Å². The van der Waals surface area contributed by atoms with E-state index in [1.54, 1.807) is 6.07 Å². The number of carbonyl (C=O) groups excluding carboxylic acids is 1. The molecule has 0 fully saturated rings. The van der Waals surface area contributed by atoms with E-state index >= 15 is 0 Å². The van der Waals surface area contributed by atoms with Crippen molar-refractivity contribution in [3.8, 4) is 11.5 Å². The molecule has 0 unspecified atom stereocenters. The zero-order valence-corrected chi connectivity index (χ0v) is 16.5. The average Bonchev–Trinajstić information content (AvgIpc) is 2.93. The van der Waals surface area contributed by atoms with Gasteiger partial charge < -0.3 is 20.1 Å². The summed E-state index contributed by atoms with van der Waals surface area (Å²) in [5.41, 5.74) is 1.16. The Morgan fingerprint density at radius 3 is 2.75 bits per heavy atom. The van der Waals surface area contributed by atoms with E-state index in [1.807, 2.05) is 32.0 Å². The van der Waals surface area contributed by atoms with Gasteiger partial charge in [0, 0.05) is 17.7 Å². The summed E-state index contributed by atoms with van der Waals surface area (Å²) in [5.74, 6) is 1.39. The topological polar surface area (TPSA) is 120 Å². The Hall–Kier alpha value is -2.78. The van der Waals surface area contributed by atoms with Crippen LogP contribution in [0.25, 0.3) is 0 Å². The molecular weight excluding hydrogens is 382 g/mol. The van der Waals surface area contributed by atoms with Gasteiger partial charge in [0.2, 0.25) is 10.0 Å². The van der Waals surface area contributed by atoms with Crippen molar-refractivity contribution in [2.75, 3.05) is 18.5 Å². The maximum absolute atomic E-state index is 12.0. The van der Waals surface area contributed by atoms with E-state index in [2.05, 4.69) is 10.6 Å². The quantitative estimate of drug-likeness (QED) is 0.637. The van der Waals surface area contributed by atoms with E-state index in [-0.39, 0.29) is 23.6 Å². The Kier molecular flexibility index (Phi) is 5.48. The van der Waals surface area contributed by atoms with E-state index in [9.17, 15) is 13.2 Å². The van der Waals surface area contributed by atoms with E-state index in [0.717, 1.165) is 17.7 Å². The van der Waals surface area contributed by atoms with Crippen LogP contribution in [0.2, 0.25) is 0 Å². The van der Waals surface area contributed by atoms with Gasteiger partial charge in [-0.2, -0.15) is 0 Å². The second-order valence-corrected chi connectivity index (χ2v) is 8.65. The summed E-state index contributed by atoms with van der Waals surface area (Å²) in [6.45, 7) is 4.56. The third-order valence-corrected chi connectivity index (χ3v) is 5.03. The van der Waals surface area contributed by atoms with Gasteiger partial charge in [0.25, 0.3) is 0 Å². The molecule has 0 bridgehead atoms. The molecule has 0 radical (unpaired) electrons. The fourth-order valence-corrected chi connectivity index (χ4v) is 3.51. The Labute approximate surface area is 164 Å². The molecule has 1 heterocycles. The van der Waals surface area contributed by atoms with E-state index in [4.69, 9.17) is 14.6 Å². The van der Waals surface area contributed by atoms with E-state index in [0.29, 0.717) is 11.4 Å². The van der Waals surface area contributed by atoms with E-state index < -0.39 is 16.1 Å². The molecule has 28 heavy (non-hydrogen) atoms. The van der Waals surface area contributed by atoms with Crippen molar-refractivity contribution in [3.63, 3.8) is 0 Å². The van der Waals surface area contributed by atoms with E-state index in [1.165, 1.54) is 18.2 Å². The number of primary sulfonamides is 1. The molecule has 0 aliphatic carbocycles. The van der Waals surface area contributed by atoms with Gasteiger partial charge in [0.05, 0.1) is 11.4 Å². The normalized spacial score (nSPS) is 14.7. The van der Waals surface area contributed by atoms with Gasteiger partial charge in [-0.15, -0.1) is 0 Å². The molecule has 0 saturated heterocycles. The highest BCUT2D eigenvalue weighted by Gasteiger charge is 2.32. The van der Waals surface area contributed by atoms with Crippen molar-refractivity contribution >= 4 is 21.7 Å². The summed E-state index contributed by atoms with van der Waals surface area (Å²) >= 11 is 0. The smallest absolute Gasteiger partial charge is 0.319 e. The van der Waals surface area contributed by atoms with Crippen LogP contribution >= 0.6 is 0 Å². The molecule has 3 rings (SSSR count). The predicted octanol–water partition coefficient (Wildman–Crippen LogP) is 2.25. The number of sulfonamides is 1. The largest absolute Gasteiger partial charge is 0.488 e. The number of amides is 2. The first-order valence-corrected chi connectivity index (χ1v) is 10.3. The van der Waals surface area contributed by atoms with Crippen LogP contribution in [0.15, 0.2) is 47.4 Å². The second kappa shape index (κ2) is 7.69. The third kappa shape index (κ3) is 4.93. The van der Waals surface area contributed by atoms with Crippen molar-refractivity contribution < 1.29 is 22.7 Å². The molecule has 0 atom stereocenters. The predicted molar refractivity (Wildman–Crippen MR) is 105 cm³/mol. The number of rotatable bonds is 6. The molecule has 9 heteroatoms. The minimum Gasteiger partial charge on any atom is -0.488 e. The number of hydrogen-bond donors (Lipinski definition) is 3. The van der Waals surface area contributed by atoms with Crippen molar-refractivity contribution in [1.82, 2.24) is 5.32 Å². The molecular formula is C19H23N3O5S. The monoisotopic (exact) mass is 405 g/mol.